The summed E-state index contributed by atoms with van der Waals surface area (Å²) >= 11 is 0. The maximum absolute atomic E-state index is 5.37. The first-order valence-electron chi connectivity index (χ1n) is 6.59. The number of ether oxygens (including phenoxy) is 1. The van der Waals surface area contributed by atoms with Crippen LogP contribution in [-0.2, 0) is 6.42 Å². The van der Waals surface area contributed by atoms with Gasteiger partial charge in [-0.15, -0.1) is 0 Å². The maximum Gasteiger partial charge on any atom is 0.213 e. The van der Waals surface area contributed by atoms with Gasteiger partial charge in [-0.3, -0.25) is 0 Å². The number of hydrogen-bond acceptors (Lipinski definition) is 3. The van der Waals surface area contributed by atoms with Crippen molar-refractivity contribution in [1.29, 1.82) is 0 Å². The van der Waals surface area contributed by atoms with Crippen LogP contribution in [0, 0.1) is 0 Å². The Morgan fingerprint density at radius 3 is 2.24 bits per heavy atom. The predicted molar refractivity (Wildman–Crippen MR) is 75.7 cm³/mol. The molecule has 3 heteroatoms. The van der Waals surface area contributed by atoms with E-state index >= 15 is 0 Å². The van der Waals surface area contributed by atoms with Gasteiger partial charge in [-0.2, -0.15) is 0 Å². The predicted octanol–water partition coefficient (Wildman–Crippen LogP) is 3.29. The summed E-state index contributed by atoms with van der Waals surface area (Å²) in [5.74, 6) is 0.701. The molecule has 0 bridgehead atoms. The number of aromatic nitrogens is 1. The van der Waals surface area contributed by atoms with Gasteiger partial charge in [0, 0.05) is 18.8 Å². The number of rotatable bonds is 5. The van der Waals surface area contributed by atoms with Crippen molar-refractivity contribution in [3.63, 3.8) is 0 Å². The summed E-state index contributed by atoms with van der Waals surface area (Å²) in [6.45, 7) is 11.6. The normalized spacial score (nSPS) is 8.35. The fraction of sp³-hybridized carbons (Fsp3) is 0.643. The first-order valence-corrected chi connectivity index (χ1v) is 6.59. The van der Waals surface area contributed by atoms with Gasteiger partial charge in [0.05, 0.1) is 0 Å². The lowest BCUT2D eigenvalue weighted by atomic mass is 10.2. The third-order valence-corrected chi connectivity index (χ3v) is 1.81. The second-order valence-corrected chi connectivity index (χ2v) is 2.81. The van der Waals surface area contributed by atoms with Gasteiger partial charge in [0.2, 0.25) is 5.88 Å². The number of nitrogens with zero attached hydrogens (tertiary/aromatic N) is 1. The van der Waals surface area contributed by atoms with Gasteiger partial charge >= 0.3 is 0 Å². The van der Waals surface area contributed by atoms with Gasteiger partial charge < -0.3 is 10.1 Å². The Bertz CT molecular complexity index is 234. The van der Waals surface area contributed by atoms with Crippen LogP contribution in [-0.4, -0.2) is 25.2 Å². The van der Waals surface area contributed by atoms with Crippen molar-refractivity contribution in [3.05, 3.63) is 23.9 Å². The first kappa shape index (κ1) is 18.3. The van der Waals surface area contributed by atoms with Crippen LogP contribution in [0.25, 0.3) is 0 Å². The average Bonchev–Trinajstić information content (AvgIpc) is 2.44. The Hall–Kier alpha value is -1.09. The van der Waals surface area contributed by atoms with Gasteiger partial charge in [-0.1, -0.05) is 40.7 Å². The van der Waals surface area contributed by atoms with Crippen molar-refractivity contribution in [1.82, 2.24) is 10.3 Å². The molecular weight excluding hydrogens is 212 g/mol. The molecule has 1 N–H and O–H groups in total. The monoisotopic (exact) mass is 240 g/mol. The Morgan fingerprint density at radius 2 is 1.82 bits per heavy atom. The molecule has 0 saturated carbocycles. The quantitative estimate of drug-likeness (QED) is 0.802. The van der Waals surface area contributed by atoms with Crippen molar-refractivity contribution in [2.45, 2.75) is 41.0 Å². The molecule has 0 saturated heterocycles. The minimum absolute atomic E-state index is 0.662. The Balaban J connectivity index is 0. The van der Waals surface area contributed by atoms with Crippen molar-refractivity contribution in [3.8, 4) is 5.88 Å². The van der Waals surface area contributed by atoms with Crippen LogP contribution in [0.1, 0.15) is 40.2 Å². The molecule has 17 heavy (non-hydrogen) atoms. The number of likely N-dealkylation sites (N-methyl/N-ethyl adjacent to an activating group) is 1. The third kappa shape index (κ3) is 9.82. The minimum atomic E-state index is 0.662. The molecular formula is C14H28N2O. The lowest BCUT2D eigenvalue weighted by Gasteiger charge is -2.04. The molecule has 0 spiro atoms. The zero-order chi connectivity index (χ0) is 13.5. The van der Waals surface area contributed by atoms with Crippen LogP contribution in [0.5, 0.6) is 5.88 Å². The highest BCUT2D eigenvalue weighted by atomic mass is 16.5. The van der Waals surface area contributed by atoms with E-state index in [2.05, 4.69) is 17.2 Å². The van der Waals surface area contributed by atoms with E-state index in [0.717, 1.165) is 13.0 Å². The van der Waals surface area contributed by atoms with Crippen LogP contribution >= 0.6 is 0 Å². The highest BCUT2D eigenvalue weighted by Crippen LogP contribution is 2.07. The molecule has 0 atom stereocenters. The summed E-state index contributed by atoms with van der Waals surface area (Å²) in [7, 11) is 1.90. The van der Waals surface area contributed by atoms with Crippen molar-refractivity contribution < 1.29 is 4.74 Å². The largest absolute Gasteiger partial charge is 0.476 e. The highest BCUT2D eigenvalue weighted by Gasteiger charge is 1.94. The van der Waals surface area contributed by atoms with E-state index < -0.39 is 0 Å². The average molecular weight is 240 g/mol. The van der Waals surface area contributed by atoms with E-state index in [-0.39, 0.29) is 0 Å². The van der Waals surface area contributed by atoms with Gasteiger partial charge in [-0.25, -0.2) is 4.98 Å². The summed E-state index contributed by atoms with van der Waals surface area (Å²) in [6.07, 6.45) is 2.87. The van der Waals surface area contributed by atoms with Crippen LogP contribution in [0.4, 0.5) is 0 Å². The molecule has 1 aromatic rings. The Morgan fingerprint density at radius 1 is 1.18 bits per heavy atom. The van der Waals surface area contributed by atoms with Crippen LogP contribution in [0.2, 0.25) is 0 Å². The standard InChI is InChI=1S/C10H16N2O.2C2H6/c1-3-9-4-5-10(12-8-9)13-7-6-11-2;2*1-2/h4-5,8,11H,3,6-7H2,1-2H3;2*1-2H3. The van der Waals surface area contributed by atoms with Crippen LogP contribution in [0.3, 0.4) is 0 Å². The molecule has 0 fully saturated rings. The van der Waals surface area contributed by atoms with E-state index in [4.69, 9.17) is 4.74 Å². The first-order chi connectivity index (χ1) is 8.36. The van der Waals surface area contributed by atoms with E-state index in [1.165, 1.54) is 5.56 Å². The van der Waals surface area contributed by atoms with Crippen molar-refractivity contribution in [2.75, 3.05) is 20.2 Å². The van der Waals surface area contributed by atoms with E-state index in [9.17, 15) is 0 Å². The smallest absolute Gasteiger partial charge is 0.213 e. The number of hydrogen-bond donors (Lipinski definition) is 1. The summed E-state index contributed by atoms with van der Waals surface area (Å²) in [5.41, 5.74) is 1.24. The van der Waals surface area contributed by atoms with Gasteiger partial charge in [0.15, 0.2) is 0 Å². The molecule has 0 radical (unpaired) electrons. The Kier molecular flexibility index (Phi) is 16.0. The molecule has 100 valence electrons. The zero-order valence-electron chi connectivity index (χ0n) is 12.2. The number of aryl methyl sites for hydroxylation is 1. The number of pyridine rings is 1. The molecule has 0 unspecified atom stereocenters. The second-order valence-electron chi connectivity index (χ2n) is 2.81. The van der Waals surface area contributed by atoms with Gasteiger partial charge in [0.1, 0.15) is 6.61 Å². The topological polar surface area (TPSA) is 34.1 Å². The SMILES string of the molecule is CC.CC.CCc1ccc(OCCNC)nc1. The van der Waals surface area contributed by atoms with Crippen molar-refractivity contribution >= 4 is 0 Å². The van der Waals surface area contributed by atoms with Gasteiger partial charge in [0.25, 0.3) is 0 Å². The van der Waals surface area contributed by atoms with Crippen LogP contribution < -0.4 is 10.1 Å². The molecule has 1 heterocycles. The minimum Gasteiger partial charge on any atom is -0.476 e. The second kappa shape index (κ2) is 14.9. The molecule has 0 aliphatic rings. The third-order valence-electron chi connectivity index (χ3n) is 1.81. The summed E-state index contributed by atoms with van der Waals surface area (Å²) in [6, 6.07) is 3.95. The fourth-order valence-electron chi connectivity index (χ4n) is 0.963. The molecule has 0 amide bonds. The molecule has 1 aromatic heterocycles. The molecule has 0 aromatic carbocycles. The molecule has 0 aliphatic heterocycles. The van der Waals surface area contributed by atoms with E-state index in [0.29, 0.717) is 12.5 Å². The summed E-state index contributed by atoms with van der Waals surface area (Å²) < 4.78 is 5.37. The van der Waals surface area contributed by atoms with Gasteiger partial charge in [-0.05, 0) is 19.0 Å². The lowest BCUT2D eigenvalue weighted by Crippen LogP contribution is -2.16. The molecule has 0 aliphatic carbocycles. The van der Waals surface area contributed by atoms with E-state index in [1.807, 2.05) is 53.1 Å². The lowest BCUT2D eigenvalue weighted by molar-refractivity contribution is 0.306. The highest BCUT2D eigenvalue weighted by molar-refractivity contribution is 5.17. The Labute approximate surface area is 107 Å². The molecule has 3 nitrogen and oxygen atoms in total. The zero-order valence-corrected chi connectivity index (χ0v) is 12.2. The summed E-state index contributed by atoms with van der Waals surface area (Å²) in [5, 5.41) is 3.01. The molecule has 1 rings (SSSR count). The summed E-state index contributed by atoms with van der Waals surface area (Å²) in [4.78, 5) is 4.17. The number of nitrogens with one attached hydrogen (secondary N) is 1. The fourth-order valence-corrected chi connectivity index (χ4v) is 0.963. The van der Waals surface area contributed by atoms with Crippen molar-refractivity contribution in [2.24, 2.45) is 0 Å². The maximum atomic E-state index is 5.37. The van der Waals surface area contributed by atoms with Crippen LogP contribution in [0.15, 0.2) is 18.3 Å². The van der Waals surface area contributed by atoms with E-state index in [1.54, 1.807) is 0 Å².